The summed E-state index contributed by atoms with van der Waals surface area (Å²) >= 11 is 6.44. The number of carbonyl (C=O) groups is 1. The van der Waals surface area contributed by atoms with Crippen LogP contribution in [-0.4, -0.2) is 23.1 Å². The van der Waals surface area contributed by atoms with E-state index >= 15 is 0 Å². The van der Waals surface area contributed by atoms with Crippen LogP contribution in [0.1, 0.15) is 23.1 Å². The van der Waals surface area contributed by atoms with E-state index in [-0.39, 0.29) is 18.2 Å². The van der Waals surface area contributed by atoms with Gasteiger partial charge in [-0.1, -0.05) is 33.2 Å². The van der Waals surface area contributed by atoms with Gasteiger partial charge in [-0.05, 0) is 50.3 Å². The third-order valence-corrected chi connectivity index (χ3v) is 5.40. The number of aliphatic hydroxyl groups is 1. The minimum atomic E-state index is -5.02. The molecule has 1 amide bonds. The van der Waals surface area contributed by atoms with Crippen LogP contribution in [0.3, 0.4) is 0 Å². The average Bonchev–Trinajstić information content (AvgIpc) is 2.72. The lowest BCUT2D eigenvalue weighted by Crippen LogP contribution is -2.31. The van der Waals surface area contributed by atoms with Gasteiger partial charge in [-0.15, -0.1) is 0 Å². The van der Waals surface area contributed by atoms with Crippen molar-refractivity contribution in [3.8, 4) is 0 Å². The average molecular weight is 619 g/mol. The largest absolute Gasteiger partial charge is 0.511 e. The maximum absolute atomic E-state index is 12.9. The second kappa shape index (κ2) is 11.2. The number of hydrogen-bond donors (Lipinski definition) is 3. The van der Waals surface area contributed by atoms with E-state index in [2.05, 4.69) is 41.9 Å². The van der Waals surface area contributed by atoms with Gasteiger partial charge in [0.05, 0.1) is 21.8 Å². The Labute approximate surface area is 205 Å². The van der Waals surface area contributed by atoms with Crippen molar-refractivity contribution in [2.45, 2.75) is 25.3 Å². The highest BCUT2D eigenvalue weighted by molar-refractivity contribution is 9.12. The van der Waals surface area contributed by atoms with Crippen LogP contribution in [0.15, 0.2) is 56.3 Å². The van der Waals surface area contributed by atoms with Gasteiger partial charge in [0.15, 0.2) is 0 Å². The van der Waals surface area contributed by atoms with Gasteiger partial charge in [0.2, 0.25) is 0 Å². The summed E-state index contributed by atoms with van der Waals surface area (Å²) in [6.45, 7) is -0.716. The van der Waals surface area contributed by atoms with Crippen molar-refractivity contribution in [3.05, 3.63) is 67.8 Å². The van der Waals surface area contributed by atoms with Crippen molar-refractivity contribution >= 4 is 49.9 Å². The van der Waals surface area contributed by atoms with Gasteiger partial charge in [-0.3, -0.25) is 10.2 Å². The molecule has 6 nitrogen and oxygen atoms in total. The Morgan fingerprint density at radius 1 is 1.18 bits per heavy atom. The third kappa shape index (κ3) is 8.31. The van der Waals surface area contributed by atoms with E-state index in [0.717, 1.165) is 0 Å². The summed E-state index contributed by atoms with van der Waals surface area (Å²) in [4.78, 5) is 16.6. The Balaban J connectivity index is 2.02. The zero-order valence-corrected chi connectivity index (χ0v) is 19.9. The fourth-order valence-corrected chi connectivity index (χ4v) is 3.39. The zero-order valence-electron chi connectivity index (χ0n) is 16.8. The number of amides is 1. The quantitative estimate of drug-likeness (QED) is 0.159. The normalized spacial score (nSPS) is 20.9. The van der Waals surface area contributed by atoms with Crippen LogP contribution >= 0.6 is 31.9 Å². The highest BCUT2D eigenvalue weighted by atomic mass is 79.9. The number of halogens is 8. The Morgan fingerprint density at radius 3 is 2.32 bits per heavy atom. The predicted octanol–water partition coefficient (Wildman–Crippen LogP) is 6.34. The topological polar surface area (TPSA) is 94.8 Å². The molecule has 0 radical (unpaired) electrons. The van der Waals surface area contributed by atoms with Gasteiger partial charge in [0.1, 0.15) is 5.76 Å². The Kier molecular flexibility index (Phi) is 9.11. The number of nitrogens with one attached hydrogen (secondary N) is 2. The van der Waals surface area contributed by atoms with Gasteiger partial charge >= 0.3 is 24.2 Å². The molecular weight excluding hydrogens is 604 g/mol. The molecule has 0 fully saturated rings. The number of rotatable bonds is 4. The maximum Gasteiger partial charge on any atom is 0.416 e. The van der Waals surface area contributed by atoms with Gasteiger partial charge in [-0.2, -0.15) is 26.3 Å². The number of hydrogen-bond acceptors (Lipinski definition) is 5. The standard InChI is InChI=1S/C20H15Br2F6N3O3/c21-14-5-10(1-2-15(22)16(32)7-14)9-31-34-17(29)18(33)30-8-11-3-12(19(23,24)25)6-13(4-11)20(26,27)28/h1-6,9-10,29,32H,7-8H2,(H,30,33)/b2-1?,14-5+,16-15-,29-17?,31-9+. The predicted molar refractivity (Wildman–Crippen MR) is 118 cm³/mol. The van der Waals surface area contributed by atoms with Gasteiger partial charge in [-0.25, -0.2) is 0 Å². The van der Waals surface area contributed by atoms with Crippen molar-refractivity contribution < 1.29 is 41.1 Å². The molecule has 0 aromatic heterocycles. The van der Waals surface area contributed by atoms with Gasteiger partial charge in [0, 0.05) is 18.9 Å². The number of alkyl halides is 6. The zero-order chi connectivity index (χ0) is 25.7. The van der Waals surface area contributed by atoms with Crippen LogP contribution in [0.5, 0.6) is 0 Å². The lowest BCUT2D eigenvalue weighted by Gasteiger charge is -2.14. The summed E-state index contributed by atoms with van der Waals surface area (Å²) in [5, 5.41) is 22.8. The monoisotopic (exact) mass is 617 g/mol. The number of oxime groups is 1. The van der Waals surface area contributed by atoms with Crippen molar-refractivity contribution in [1.29, 1.82) is 5.41 Å². The first-order chi connectivity index (χ1) is 15.7. The third-order valence-electron chi connectivity index (χ3n) is 4.13. The van der Waals surface area contributed by atoms with Crippen molar-refractivity contribution in [3.63, 3.8) is 0 Å². The lowest BCUT2D eigenvalue weighted by atomic mass is 10.0. The van der Waals surface area contributed by atoms with Gasteiger partial charge in [0.25, 0.3) is 0 Å². The van der Waals surface area contributed by atoms with Crippen molar-refractivity contribution in [1.82, 2.24) is 5.32 Å². The summed E-state index contributed by atoms with van der Waals surface area (Å²) < 4.78 is 78.5. The van der Waals surface area contributed by atoms with Gasteiger partial charge < -0.3 is 15.3 Å². The van der Waals surface area contributed by atoms with Crippen LogP contribution in [-0.2, 0) is 28.5 Å². The molecule has 34 heavy (non-hydrogen) atoms. The summed E-state index contributed by atoms with van der Waals surface area (Å²) in [7, 11) is 0. The van der Waals surface area contributed by atoms with E-state index in [1.165, 1.54) is 6.21 Å². The molecule has 1 aliphatic rings. The number of allylic oxidation sites excluding steroid dienone is 5. The molecule has 2 rings (SSSR count). The first kappa shape index (κ1) is 27.6. The second-order valence-electron chi connectivity index (χ2n) is 6.79. The molecule has 0 saturated carbocycles. The Bertz CT molecular complexity index is 1050. The smallest absolute Gasteiger partial charge is 0.416 e. The molecule has 0 bridgehead atoms. The van der Waals surface area contributed by atoms with Crippen LogP contribution in [0.4, 0.5) is 26.3 Å². The first-order valence-electron chi connectivity index (χ1n) is 9.14. The van der Waals surface area contributed by atoms with Crippen LogP contribution in [0.25, 0.3) is 0 Å². The molecule has 1 aliphatic carbocycles. The fourth-order valence-electron chi connectivity index (χ4n) is 2.53. The molecule has 1 unspecified atom stereocenters. The number of aliphatic hydroxyl groups excluding tert-OH is 1. The molecule has 1 aromatic rings. The molecule has 3 N–H and O–H groups in total. The molecule has 0 heterocycles. The molecule has 1 atom stereocenters. The molecule has 0 spiro atoms. The molecule has 1 aromatic carbocycles. The molecular formula is C20H15Br2F6N3O3. The fraction of sp³-hybridized carbons (Fsp3) is 0.250. The highest BCUT2D eigenvalue weighted by Gasteiger charge is 2.36. The van der Waals surface area contributed by atoms with Crippen LogP contribution < -0.4 is 5.32 Å². The van der Waals surface area contributed by atoms with E-state index in [9.17, 15) is 36.2 Å². The number of benzene rings is 1. The SMILES string of the molecule is N=C(O/N=C/C1C=C/C(Br)=C(/O)C/C(Br)=C\1)C(=O)NCc1cc(C(F)(F)F)cc(C(F)(F)F)c1. The lowest BCUT2D eigenvalue weighted by molar-refractivity contribution is -0.143. The van der Waals surface area contributed by atoms with Crippen molar-refractivity contribution in [2.75, 3.05) is 0 Å². The summed E-state index contributed by atoms with van der Waals surface area (Å²) in [6.07, 6.45) is -3.78. The van der Waals surface area contributed by atoms with E-state index in [1.54, 1.807) is 18.2 Å². The second-order valence-corrected chi connectivity index (χ2v) is 8.67. The molecule has 0 saturated heterocycles. The molecule has 14 heteroatoms. The molecule has 0 aliphatic heterocycles. The van der Waals surface area contributed by atoms with Crippen LogP contribution in [0, 0.1) is 11.3 Å². The van der Waals surface area contributed by atoms with E-state index < -0.39 is 53.3 Å². The minimum Gasteiger partial charge on any atom is -0.511 e. The maximum atomic E-state index is 12.9. The summed E-state index contributed by atoms with van der Waals surface area (Å²) in [5.74, 6) is -2.59. The first-order valence-corrected chi connectivity index (χ1v) is 10.7. The van der Waals surface area contributed by atoms with Crippen molar-refractivity contribution in [2.24, 2.45) is 11.1 Å². The van der Waals surface area contributed by atoms with E-state index in [0.29, 0.717) is 21.1 Å². The summed E-state index contributed by atoms with van der Waals surface area (Å²) in [5.41, 5.74) is -3.52. The number of nitrogens with zero attached hydrogens (tertiary/aromatic N) is 1. The number of carbonyl (C=O) groups excluding carboxylic acids is 1. The van der Waals surface area contributed by atoms with E-state index in [1.807, 2.05) is 5.32 Å². The Morgan fingerprint density at radius 2 is 1.76 bits per heavy atom. The molecule has 184 valence electrons. The van der Waals surface area contributed by atoms with Crippen LogP contribution in [0.2, 0.25) is 0 Å². The summed E-state index contributed by atoms with van der Waals surface area (Å²) in [6, 6.07) is 0.902. The highest BCUT2D eigenvalue weighted by Crippen LogP contribution is 2.36. The minimum absolute atomic E-state index is 0.0302. The van der Waals surface area contributed by atoms with E-state index in [4.69, 9.17) is 5.41 Å². The Hall–Kier alpha value is -2.61.